The lowest BCUT2D eigenvalue weighted by molar-refractivity contribution is -0.137. The van der Waals surface area contributed by atoms with Gasteiger partial charge in [-0.3, -0.25) is 19.1 Å². The van der Waals surface area contributed by atoms with Crippen LogP contribution in [0.1, 0.15) is 5.56 Å². The zero-order chi connectivity index (χ0) is 29.6. The minimum absolute atomic E-state index is 0.0867. The van der Waals surface area contributed by atoms with E-state index < -0.39 is 27.3 Å². The van der Waals surface area contributed by atoms with E-state index in [2.05, 4.69) is 15.0 Å². The normalized spacial score (nSPS) is 14.4. The largest absolute Gasteiger partial charge is 0.418 e. The number of nitrogens with zero attached hydrogens (tertiary/aromatic N) is 3. The second kappa shape index (κ2) is 10.4. The maximum Gasteiger partial charge on any atom is 0.418 e. The highest BCUT2D eigenvalue weighted by molar-refractivity contribution is 7.92. The Labute approximate surface area is 239 Å². The molecule has 0 saturated carbocycles. The number of benzene rings is 3. The van der Waals surface area contributed by atoms with Crippen molar-refractivity contribution in [1.29, 1.82) is 0 Å². The first kappa shape index (κ1) is 27.7. The SMILES string of the molecule is CS(=O)(=O)Nc1ccc(-c2ccc3ncc4ccc(=O)n(-c5ccc(N6CCNCC6)c(C(F)(F)F)c5)c4c3c2)cc1. The fourth-order valence-corrected chi connectivity index (χ4v) is 5.93. The standard InChI is InChI=1S/C30H26F3N5O3S/c1-42(40,41)36-22-6-2-19(3-7-22)20-4-9-26-24(16-20)29-21(18-35-26)5-11-28(39)38(29)23-8-10-27(25(17-23)30(31,32)33)37-14-12-34-13-15-37/h2-11,16-18,34,36H,12-15H2,1H3. The molecule has 12 heteroatoms. The summed E-state index contributed by atoms with van der Waals surface area (Å²) in [7, 11) is -3.43. The van der Waals surface area contributed by atoms with Gasteiger partial charge in [0.05, 0.1) is 28.5 Å². The van der Waals surface area contributed by atoms with Gasteiger partial charge in [-0.05, 0) is 59.7 Å². The summed E-state index contributed by atoms with van der Waals surface area (Å²) < 4.78 is 69.9. The Balaban J connectivity index is 1.53. The molecule has 5 aromatic rings. The van der Waals surface area contributed by atoms with Crippen molar-refractivity contribution in [3.05, 3.63) is 94.9 Å². The van der Waals surface area contributed by atoms with E-state index in [4.69, 9.17) is 0 Å². The second-order valence-electron chi connectivity index (χ2n) is 10.2. The Kier molecular flexibility index (Phi) is 6.90. The van der Waals surface area contributed by atoms with E-state index in [9.17, 15) is 26.4 Å². The average Bonchev–Trinajstić information content (AvgIpc) is 2.96. The van der Waals surface area contributed by atoms with E-state index in [1.165, 1.54) is 16.7 Å². The number of aromatic nitrogens is 2. The molecule has 1 saturated heterocycles. The van der Waals surface area contributed by atoms with Gasteiger partial charge in [-0.15, -0.1) is 0 Å². The van der Waals surface area contributed by atoms with Crippen molar-refractivity contribution in [3.63, 3.8) is 0 Å². The highest BCUT2D eigenvalue weighted by Gasteiger charge is 2.36. The Morgan fingerprint density at radius 1 is 0.905 bits per heavy atom. The minimum Gasteiger partial charge on any atom is -0.368 e. The molecule has 1 aliphatic rings. The van der Waals surface area contributed by atoms with Crippen LogP contribution >= 0.6 is 0 Å². The Morgan fingerprint density at radius 2 is 1.62 bits per heavy atom. The summed E-state index contributed by atoms with van der Waals surface area (Å²) in [5.41, 5.74) is 1.87. The highest BCUT2D eigenvalue weighted by Crippen LogP contribution is 2.39. The third-order valence-corrected chi connectivity index (χ3v) is 7.85. The van der Waals surface area contributed by atoms with Crippen molar-refractivity contribution in [3.8, 4) is 16.8 Å². The van der Waals surface area contributed by atoms with Crippen LogP contribution in [-0.2, 0) is 16.2 Å². The van der Waals surface area contributed by atoms with Gasteiger partial charge in [-0.2, -0.15) is 13.2 Å². The van der Waals surface area contributed by atoms with Gasteiger partial charge in [0.15, 0.2) is 0 Å². The molecule has 0 aliphatic carbocycles. The zero-order valence-corrected chi connectivity index (χ0v) is 23.3. The molecule has 0 bridgehead atoms. The van der Waals surface area contributed by atoms with Crippen LogP contribution in [-0.4, -0.2) is 50.4 Å². The van der Waals surface area contributed by atoms with E-state index in [-0.39, 0.29) is 11.4 Å². The van der Waals surface area contributed by atoms with Crippen LogP contribution in [0, 0.1) is 0 Å². The number of hydrogen-bond acceptors (Lipinski definition) is 6. The third kappa shape index (κ3) is 5.42. The topological polar surface area (TPSA) is 96.3 Å². The second-order valence-corrected chi connectivity index (χ2v) is 11.9. The number of pyridine rings is 2. The monoisotopic (exact) mass is 593 g/mol. The summed E-state index contributed by atoms with van der Waals surface area (Å²) in [5.74, 6) is 0. The number of anilines is 2. The molecule has 6 rings (SSSR count). The molecule has 3 heterocycles. The van der Waals surface area contributed by atoms with Gasteiger partial charge in [-0.25, -0.2) is 8.42 Å². The molecule has 0 spiro atoms. The predicted octanol–water partition coefficient (Wildman–Crippen LogP) is 5.01. The molecule has 42 heavy (non-hydrogen) atoms. The number of hydrogen-bond donors (Lipinski definition) is 2. The molecular formula is C30H26F3N5O3S. The number of alkyl halides is 3. The first-order chi connectivity index (χ1) is 20.0. The molecule has 2 aromatic heterocycles. The zero-order valence-electron chi connectivity index (χ0n) is 22.4. The lowest BCUT2D eigenvalue weighted by Crippen LogP contribution is -2.44. The van der Waals surface area contributed by atoms with Crippen molar-refractivity contribution in [2.75, 3.05) is 42.1 Å². The van der Waals surface area contributed by atoms with Gasteiger partial charge in [0.25, 0.3) is 5.56 Å². The number of nitrogens with one attached hydrogen (secondary N) is 2. The van der Waals surface area contributed by atoms with Crippen molar-refractivity contribution >= 4 is 43.2 Å². The van der Waals surface area contributed by atoms with E-state index in [1.807, 2.05) is 12.1 Å². The van der Waals surface area contributed by atoms with Crippen LogP contribution in [0.15, 0.2) is 83.8 Å². The molecule has 0 amide bonds. The van der Waals surface area contributed by atoms with Crippen molar-refractivity contribution in [2.24, 2.45) is 0 Å². The smallest absolute Gasteiger partial charge is 0.368 e. The number of piperazine rings is 1. The first-order valence-electron chi connectivity index (χ1n) is 13.2. The molecule has 3 aromatic carbocycles. The molecule has 0 radical (unpaired) electrons. The van der Waals surface area contributed by atoms with Crippen molar-refractivity contribution in [1.82, 2.24) is 14.9 Å². The Morgan fingerprint density at radius 3 is 2.31 bits per heavy atom. The van der Waals surface area contributed by atoms with Crippen molar-refractivity contribution < 1.29 is 21.6 Å². The Hall–Kier alpha value is -4.42. The van der Waals surface area contributed by atoms with Gasteiger partial charge in [0, 0.05) is 60.6 Å². The molecule has 1 aliphatic heterocycles. The van der Waals surface area contributed by atoms with Gasteiger partial charge in [-0.1, -0.05) is 18.2 Å². The van der Waals surface area contributed by atoms with Gasteiger partial charge in [0.2, 0.25) is 10.0 Å². The number of rotatable bonds is 5. The minimum atomic E-state index is -4.63. The molecular weight excluding hydrogens is 567 g/mol. The van der Waals surface area contributed by atoms with Crippen LogP contribution in [0.3, 0.4) is 0 Å². The average molecular weight is 594 g/mol. The summed E-state index contributed by atoms with van der Waals surface area (Å²) in [4.78, 5) is 19.5. The maximum absolute atomic E-state index is 14.3. The van der Waals surface area contributed by atoms with E-state index in [0.29, 0.717) is 53.7 Å². The quantitative estimate of drug-likeness (QED) is 0.279. The number of halogens is 3. The van der Waals surface area contributed by atoms with Crippen LogP contribution in [0.5, 0.6) is 0 Å². The summed E-state index contributed by atoms with van der Waals surface area (Å²) in [6.45, 7) is 2.06. The summed E-state index contributed by atoms with van der Waals surface area (Å²) in [6, 6.07) is 19.2. The van der Waals surface area contributed by atoms with Crippen molar-refractivity contribution in [2.45, 2.75) is 6.18 Å². The van der Waals surface area contributed by atoms with Crippen LogP contribution in [0.25, 0.3) is 38.6 Å². The maximum atomic E-state index is 14.3. The van der Waals surface area contributed by atoms with Crippen LogP contribution < -0.4 is 20.5 Å². The number of sulfonamides is 1. The van der Waals surface area contributed by atoms with Gasteiger partial charge < -0.3 is 10.2 Å². The van der Waals surface area contributed by atoms with Gasteiger partial charge in [0.1, 0.15) is 0 Å². The van der Waals surface area contributed by atoms with Crippen LogP contribution in [0.4, 0.5) is 24.5 Å². The first-order valence-corrected chi connectivity index (χ1v) is 15.1. The van der Waals surface area contributed by atoms with Gasteiger partial charge >= 0.3 is 6.18 Å². The van der Waals surface area contributed by atoms with E-state index >= 15 is 0 Å². The van der Waals surface area contributed by atoms with Crippen LogP contribution in [0.2, 0.25) is 0 Å². The molecule has 216 valence electrons. The van der Waals surface area contributed by atoms with E-state index in [0.717, 1.165) is 23.4 Å². The summed E-state index contributed by atoms with van der Waals surface area (Å²) in [5, 5.41) is 4.32. The predicted molar refractivity (Wildman–Crippen MR) is 159 cm³/mol. The molecule has 2 N–H and O–H groups in total. The van der Waals surface area contributed by atoms with E-state index in [1.54, 1.807) is 53.6 Å². The lowest BCUT2D eigenvalue weighted by atomic mass is 10.0. The highest BCUT2D eigenvalue weighted by atomic mass is 32.2. The molecule has 8 nitrogen and oxygen atoms in total. The molecule has 1 fully saturated rings. The molecule has 0 unspecified atom stereocenters. The lowest BCUT2D eigenvalue weighted by Gasteiger charge is -2.32. The summed E-state index contributed by atoms with van der Waals surface area (Å²) >= 11 is 0. The Bertz CT molecular complexity index is 1990. The fourth-order valence-electron chi connectivity index (χ4n) is 5.36. The number of fused-ring (bicyclic) bond motifs is 3. The summed E-state index contributed by atoms with van der Waals surface area (Å²) in [6.07, 6.45) is -1.96. The third-order valence-electron chi connectivity index (χ3n) is 7.24. The molecule has 0 atom stereocenters. The fraction of sp³-hybridized carbons (Fsp3) is 0.200.